The standard InChI is InChI=1S/C6H9N/c1-7-3-2-5-4-6(5)7/h4-5H,2-3H2,1H3. The fourth-order valence-corrected chi connectivity index (χ4v) is 1.26. The third-order valence-corrected chi connectivity index (χ3v) is 1.86. The van der Waals surface area contributed by atoms with Crippen molar-refractivity contribution in [3.63, 3.8) is 0 Å². The van der Waals surface area contributed by atoms with Crippen LogP contribution in [0.2, 0.25) is 0 Å². The van der Waals surface area contributed by atoms with Gasteiger partial charge in [-0.3, -0.25) is 0 Å². The van der Waals surface area contributed by atoms with Gasteiger partial charge in [-0.15, -0.1) is 0 Å². The van der Waals surface area contributed by atoms with E-state index in [1.165, 1.54) is 13.0 Å². The summed E-state index contributed by atoms with van der Waals surface area (Å²) in [5, 5.41) is 0. The average Bonchev–Trinajstić information content (AvgIpc) is 2.33. The maximum atomic E-state index is 2.34. The predicted molar refractivity (Wildman–Crippen MR) is 28.8 cm³/mol. The summed E-state index contributed by atoms with van der Waals surface area (Å²) in [5.74, 6) is 0.907. The molecule has 0 aromatic heterocycles. The molecule has 1 aliphatic heterocycles. The van der Waals surface area contributed by atoms with Crippen LogP contribution < -0.4 is 0 Å². The van der Waals surface area contributed by atoms with Crippen LogP contribution in [0, 0.1) is 5.92 Å². The van der Waals surface area contributed by atoms with Crippen LogP contribution in [-0.4, -0.2) is 18.5 Å². The van der Waals surface area contributed by atoms with Gasteiger partial charge in [-0.05, 0) is 6.42 Å². The molecule has 1 saturated heterocycles. The van der Waals surface area contributed by atoms with E-state index in [0.717, 1.165) is 5.92 Å². The molecule has 38 valence electrons. The van der Waals surface area contributed by atoms with Crippen LogP contribution in [0.1, 0.15) is 6.42 Å². The Morgan fingerprint density at radius 2 is 2.71 bits per heavy atom. The Morgan fingerprint density at radius 3 is 2.86 bits per heavy atom. The highest BCUT2D eigenvalue weighted by molar-refractivity contribution is 5.30. The van der Waals surface area contributed by atoms with Gasteiger partial charge in [-0.1, -0.05) is 6.08 Å². The highest BCUT2D eigenvalue weighted by Gasteiger charge is 2.33. The molecule has 1 aliphatic carbocycles. The van der Waals surface area contributed by atoms with Crippen LogP contribution in [-0.2, 0) is 0 Å². The second-order valence-electron chi connectivity index (χ2n) is 2.41. The van der Waals surface area contributed by atoms with E-state index >= 15 is 0 Å². The lowest BCUT2D eigenvalue weighted by Gasteiger charge is -2.05. The molecule has 2 rings (SSSR count). The van der Waals surface area contributed by atoms with Crippen molar-refractivity contribution in [3.8, 4) is 0 Å². The number of likely N-dealkylation sites (tertiary alicyclic amines) is 1. The molecule has 2 aliphatic rings. The van der Waals surface area contributed by atoms with Gasteiger partial charge in [-0.2, -0.15) is 0 Å². The molecule has 1 fully saturated rings. The molecule has 1 heterocycles. The lowest BCUT2D eigenvalue weighted by Crippen LogP contribution is -2.07. The molecule has 7 heavy (non-hydrogen) atoms. The Morgan fingerprint density at radius 1 is 1.86 bits per heavy atom. The van der Waals surface area contributed by atoms with Crippen molar-refractivity contribution < 1.29 is 0 Å². The average molecular weight is 95.1 g/mol. The maximum Gasteiger partial charge on any atom is 0.0202 e. The summed E-state index contributed by atoms with van der Waals surface area (Å²) in [4.78, 5) is 2.34. The number of hydrogen-bond donors (Lipinski definition) is 0. The zero-order valence-corrected chi connectivity index (χ0v) is 4.52. The van der Waals surface area contributed by atoms with Crippen molar-refractivity contribution in [3.05, 3.63) is 11.8 Å². The molecular formula is C6H9N. The van der Waals surface area contributed by atoms with E-state index in [4.69, 9.17) is 0 Å². The van der Waals surface area contributed by atoms with Crippen molar-refractivity contribution >= 4 is 0 Å². The smallest absolute Gasteiger partial charge is 0.0202 e. The van der Waals surface area contributed by atoms with Gasteiger partial charge in [-0.25, -0.2) is 0 Å². The minimum Gasteiger partial charge on any atom is -0.378 e. The van der Waals surface area contributed by atoms with E-state index in [9.17, 15) is 0 Å². The van der Waals surface area contributed by atoms with Gasteiger partial charge in [0.05, 0.1) is 0 Å². The molecule has 0 spiro atoms. The Kier molecular flexibility index (Phi) is 0.432. The van der Waals surface area contributed by atoms with Gasteiger partial charge in [0.25, 0.3) is 0 Å². The van der Waals surface area contributed by atoms with E-state index in [2.05, 4.69) is 18.0 Å². The monoisotopic (exact) mass is 95.1 g/mol. The lowest BCUT2D eigenvalue weighted by atomic mass is 10.3. The Hall–Kier alpha value is -0.460. The molecule has 1 atom stereocenters. The zero-order chi connectivity index (χ0) is 4.85. The number of rotatable bonds is 0. The second-order valence-corrected chi connectivity index (χ2v) is 2.41. The van der Waals surface area contributed by atoms with Crippen LogP contribution >= 0.6 is 0 Å². The van der Waals surface area contributed by atoms with E-state index in [0.29, 0.717) is 0 Å². The normalized spacial score (nSPS) is 35.3. The third-order valence-electron chi connectivity index (χ3n) is 1.86. The van der Waals surface area contributed by atoms with Crippen molar-refractivity contribution in [2.75, 3.05) is 13.6 Å². The van der Waals surface area contributed by atoms with Crippen molar-refractivity contribution in [2.24, 2.45) is 5.92 Å². The van der Waals surface area contributed by atoms with Crippen LogP contribution in [0.3, 0.4) is 0 Å². The molecule has 0 radical (unpaired) electrons. The van der Waals surface area contributed by atoms with Crippen molar-refractivity contribution in [2.45, 2.75) is 6.42 Å². The second kappa shape index (κ2) is 0.857. The number of fused-ring (bicyclic) bond motifs is 1. The van der Waals surface area contributed by atoms with E-state index in [-0.39, 0.29) is 0 Å². The van der Waals surface area contributed by atoms with E-state index < -0.39 is 0 Å². The first kappa shape index (κ1) is 3.53. The van der Waals surface area contributed by atoms with E-state index in [1.54, 1.807) is 5.70 Å². The van der Waals surface area contributed by atoms with Crippen molar-refractivity contribution in [1.82, 2.24) is 4.90 Å². The Labute approximate surface area is 43.6 Å². The van der Waals surface area contributed by atoms with Crippen LogP contribution in [0.5, 0.6) is 0 Å². The molecule has 0 aromatic carbocycles. The topological polar surface area (TPSA) is 3.24 Å². The van der Waals surface area contributed by atoms with Gasteiger partial charge in [0, 0.05) is 25.2 Å². The van der Waals surface area contributed by atoms with E-state index in [1.807, 2.05) is 0 Å². The number of hydrogen-bond acceptors (Lipinski definition) is 1. The number of nitrogens with zero attached hydrogens (tertiary/aromatic N) is 1. The molecule has 1 unspecified atom stereocenters. The highest BCUT2D eigenvalue weighted by Crippen LogP contribution is 2.39. The SMILES string of the molecule is CN1CCC2C=C21. The predicted octanol–water partition coefficient (Wildman–Crippen LogP) is 0.836. The first-order valence-corrected chi connectivity index (χ1v) is 2.81. The summed E-state index contributed by atoms with van der Waals surface area (Å²) in [6.07, 6.45) is 3.72. The molecule has 0 bridgehead atoms. The van der Waals surface area contributed by atoms with Gasteiger partial charge in [0.1, 0.15) is 0 Å². The zero-order valence-electron chi connectivity index (χ0n) is 4.52. The summed E-state index contributed by atoms with van der Waals surface area (Å²) in [6.45, 7) is 1.29. The quantitative estimate of drug-likeness (QED) is 0.431. The molecule has 0 saturated carbocycles. The van der Waals surface area contributed by atoms with Crippen LogP contribution in [0.25, 0.3) is 0 Å². The molecule has 1 nitrogen and oxygen atoms in total. The minimum atomic E-state index is 0.907. The van der Waals surface area contributed by atoms with Gasteiger partial charge < -0.3 is 4.90 Å². The summed E-state index contributed by atoms with van der Waals surface area (Å²) >= 11 is 0. The minimum absolute atomic E-state index is 0.907. The molecule has 0 amide bonds. The molecule has 1 heteroatoms. The van der Waals surface area contributed by atoms with Crippen LogP contribution in [0.4, 0.5) is 0 Å². The fourth-order valence-electron chi connectivity index (χ4n) is 1.26. The summed E-state index contributed by atoms with van der Waals surface area (Å²) in [7, 11) is 2.17. The molecule has 0 N–H and O–H groups in total. The van der Waals surface area contributed by atoms with Gasteiger partial charge in [0.2, 0.25) is 0 Å². The fraction of sp³-hybridized carbons (Fsp3) is 0.667. The first-order chi connectivity index (χ1) is 3.38. The summed E-state index contributed by atoms with van der Waals surface area (Å²) < 4.78 is 0. The molecular weight excluding hydrogens is 86.1 g/mol. The largest absolute Gasteiger partial charge is 0.378 e. The molecule has 0 aromatic rings. The summed E-state index contributed by atoms with van der Waals surface area (Å²) in [6, 6.07) is 0. The van der Waals surface area contributed by atoms with Gasteiger partial charge in [0.15, 0.2) is 0 Å². The maximum absolute atomic E-state index is 2.34. The lowest BCUT2D eigenvalue weighted by molar-refractivity contribution is 0.485. The summed E-state index contributed by atoms with van der Waals surface area (Å²) in [5.41, 5.74) is 1.58. The first-order valence-electron chi connectivity index (χ1n) is 2.81. The highest BCUT2D eigenvalue weighted by atomic mass is 15.2. The number of allylic oxidation sites excluding steroid dienone is 2. The Balaban J connectivity index is 2.19. The van der Waals surface area contributed by atoms with Crippen LogP contribution in [0.15, 0.2) is 11.8 Å². The van der Waals surface area contributed by atoms with Crippen molar-refractivity contribution in [1.29, 1.82) is 0 Å². The van der Waals surface area contributed by atoms with Gasteiger partial charge >= 0.3 is 0 Å². The third kappa shape index (κ3) is 0.328. The Bertz CT molecular complexity index is 126.